The van der Waals surface area contributed by atoms with E-state index in [0.29, 0.717) is 30.4 Å². The summed E-state index contributed by atoms with van der Waals surface area (Å²) in [6.07, 6.45) is -2.42. The van der Waals surface area contributed by atoms with Crippen molar-refractivity contribution in [1.82, 2.24) is 36.4 Å². The smallest absolute Gasteiger partial charge is 0.329 e. The molecule has 2 saturated heterocycles. The van der Waals surface area contributed by atoms with Gasteiger partial charge in [0, 0.05) is 26.3 Å². The first-order valence-electron chi connectivity index (χ1n) is 23.8. The van der Waals surface area contributed by atoms with Gasteiger partial charge in [-0.2, -0.15) is 0 Å². The Morgan fingerprint density at radius 1 is 0.800 bits per heavy atom. The molecule has 9 N–H and O–H groups in total. The Morgan fingerprint density at radius 2 is 1.40 bits per heavy atom. The molecule has 0 aromatic heterocycles. The number of cyclic esters (lactones) is 1. The highest BCUT2D eigenvalue weighted by atomic mass is 16.5. The van der Waals surface area contributed by atoms with E-state index in [0.717, 1.165) is 16.2 Å². The quantitative estimate of drug-likeness (QED) is 0.0843. The van der Waals surface area contributed by atoms with Crippen molar-refractivity contribution >= 4 is 53.3 Å². The summed E-state index contributed by atoms with van der Waals surface area (Å²) < 4.78 is 5.83. The van der Waals surface area contributed by atoms with Crippen molar-refractivity contribution in [2.24, 2.45) is 11.8 Å². The lowest BCUT2D eigenvalue weighted by Gasteiger charge is -2.44. The molecule has 70 heavy (non-hydrogen) atoms. The first kappa shape index (κ1) is 55.8. The van der Waals surface area contributed by atoms with E-state index in [1.54, 1.807) is 27.7 Å². The number of carbonyl (C=O) groups is 9. The van der Waals surface area contributed by atoms with Gasteiger partial charge < -0.3 is 61.5 Å². The molecule has 384 valence electrons. The molecule has 0 radical (unpaired) electrons. The summed E-state index contributed by atoms with van der Waals surface area (Å²) in [6.45, 7) is 9.81. The first-order chi connectivity index (χ1) is 33.1. The van der Waals surface area contributed by atoms with Gasteiger partial charge in [0.2, 0.25) is 41.4 Å². The SMILES string of the molecule is CCCCCC(=O)N[C@@H](CC(=O)O)C(=O)NC1C(=O)N[C@@H](Cc2ccc(O)cc2)C(=O)N[C@H]2CC[C@@H](O)N(C2=O)[C@@H]([C@@H](C)CC)C(=O)N(C)[C@@H](Cc2ccc(O)cc2)C(=O)N[C@@H](C(C)C)C(=O)O[C@@H]1C. The minimum Gasteiger partial charge on any atom is -0.508 e. The third-order valence-electron chi connectivity index (χ3n) is 12.7. The van der Waals surface area contributed by atoms with Gasteiger partial charge in [-0.05, 0) is 73.4 Å². The third-order valence-corrected chi connectivity index (χ3v) is 12.7. The van der Waals surface area contributed by atoms with E-state index in [9.17, 15) is 63.6 Å². The van der Waals surface area contributed by atoms with Crippen molar-refractivity contribution in [3.05, 3.63) is 59.7 Å². The van der Waals surface area contributed by atoms with E-state index in [2.05, 4.69) is 26.6 Å². The Kier molecular flexibility index (Phi) is 20.5. The van der Waals surface area contributed by atoms with Gasteiger partial charge in [0.1, 0.15) is 66.1 Å². The van der Waals surface area contributed by atoms with Crippen molar-refractivity contribution < 1.29 is 68.3 Å². The summed E-state index contributed by atoms with van der Waals surface area (Å²) in [4.78, 5) is 128. The molecular weight excluding hydrogens is 911 g/mol. The number of piperidine rings is 1. The second-order valence-corrected chi connectivity index (χ2v) is 18.5. The van der Waals surface area contributed by atoms with Crippen molar-refractivity contribution in [3.63, 3.8) is 0 Å². The maximum absolute atomic E-state index is 14.9. The minimum atomic E-state index is -1.89. The molecule has 7 amide bonds. The molecule has 21 nitrogen and oxygen atoms in total. The maximum atomic E-state index is 14.9. The summed E-state index contributed by atoms with van der Waals surface area (Å²) in [7, 11) is 1.35. The van der Waals surface area contributed by atoms with Crippen molar-refractivity contribution in [1.29, 1.82) is 0 Å². The number of carboxylic acid groups (broad SMARTS) is 1. The average molecular weight is 980 g/mol. The van der Waals surface area contributed by atoms with Gasteiger partial charge in [0.25, 0.3) is 0 Å². The highest BCUT2D eigenvalue weighted by Crippen LogP contribution is 2.28. The number of aromatic hydroxyl groups is 2. The van der Waals surface area contributed by atoms with E-state index < -0.39 is 126 Å². The van der Waals surface area contributed by atoms with E-state index in [-0.39, 0.29) is 43.6 Å². The number of nitrogens with one attached hydrogen (secondary N) is 5. The summed E-state index contributed by atoms with van der Waals surface area (Å²) >= 11 is 0. The monoisotopic (exact) mass is 979 g/mol. The van der Waals surface area contributed by atoms with Crippen LogP contribution in [0.4, 0.5) is 0 Å². The molecule has 2 aromatic carbocycles. The second-order valence-electron chi connectivity index (χ2n) is 18.5. The minimum absolute atomic E-state index is 0.0240. The van der Waals surface area contributed by atoms with Crippen LogP contribution in [0, 0.1) is 11.8 Å². The molecule has 2 heterocycles. The molecule has 0 spiro atoms. The molecule has 4 rings (SSSR count). The van der Waals surface area contributed by atoms with Crippen LogP contribution in [-0.4, -0.2) is 145 Å². The van der Waals surface area contributed by atoms with E-state index in [1.807, 2.05) is 6.92 Å². The number of aliphatic carboxylic acids is 1. The van der Waals surface area contributed by atoms with Crippen molar-refractivity contribution in [2.45, 2.75) is 160 Å². The number of hydrogen-bond donors (Lipinski definition) is 9. The molecule has 2 aromatic rings. The number of benzene rings is 2. The Bertz CT molecular complexity index is 2190. The molecule has 0 aliphatic carbocycles. The van der Waals surface area contributed by atoms with Gasteiger partial charge in [-0.25, -0.2) is 4.79 Å². The highest BCUT2D eigenvalue weighted by Gasteiger charge is 2.47. The normalized spacial score (nSPS) is 25.0. The van der Waals surface area contributed by atoms with E-state index in [4.69, 9.17) is 4.74 Å². The van der Waals surface area contributed by atoms with Gasteiger partial charge in [0.15, 0.2) is 0 Å². The topological polar surface area (TPSA) is 310 Å². The lowest BCUT2D eigenvalue weighted by molar-refractivity contribution is -0.168. The number of carbonyl (C=O) groups excluding carboxylic acids is 8. The number of likely N-dealkylation sites (N-methyl/N-ethyl adjacent to an activating group) is 1. The van der Waals surface area contributed by atoms with E-state index in [1.165, 1.54) is 62.5 Å². The standard InChI is InChI=1S/C49H69N7O14/c1-8-10-11-12-37(59)50-35(25-39(61)62)44(64)54-41-28(6)70-49(69)40(26(3)4)53-45(65)36(24-30-15-19-32(58)20-16-30)55(7)48(68)42(27(5)9-2)56-38(60)22-21-33(47(56)67)51-43(63)34(52-46(41)66)23-29-13-17-31(57)18-14-29/h13-20,26-28,33-36,38,40-42,57-58,60H,8-12,21-25H2,1-7H3,(H,50,59)(H,51,63)(H,52,66)(H,53,65)(H,54,64)(H,61,62)/t27-,28+,33-,34-,35-,36-,38+,40-,41?,42-/m0/s1. The molecule has 10 atom stereocenters. The Balaban J connectivity index is 1.88. The van der Waals surface area contributed by atoms with Gasteiger partial charge in [0.05, 0.1) is 6.42 Å². The summed E-state index contributed by atoms with van der Waals surface area (Å²) in [5.41, 5.74) is 0.911. The highest BCUT2D eigenvalue weighted by molar-refractivity contribution is 5.99. The zero-order chi connectivity index (χ0) is 52.0. The van der Waals surface area contributed by atoms with Crippen LogP contribution >= 0.6 is 0 Å². The van der Waals surface area contributed by atoms with Crippen LogP contribution in [0.2, 0.25) is 0 Å². The molecule has 2 fully saturated rings. The lowest BCUT2D eigenvalue weighted by Crippen LogP contribution is -2.66. The Hall–Kier alpha value is -6.77. The number of ether oxygens (including phenoxy) is 1. The van der Waals surface area contributed by atoms with Crippen LogP contribution in [0.5, 0.6) is 11.5 Å². The number of nitrogens with zero attached hydrogens (tertiary/aromatic N) is 2. The van der Waals surface area contributed by atoms with Crippen molar-refractivity contribution in [2.75, 3.05) is 7.05 Å². The van der Waals surface area contributed by atoms with Crippen LogP contribution in [0.25, 0.3) is 0 Å². The molecule has 0 saturated carbocycles. The lowest BCUT2D eigenvalue weighted by atomic mass is 9.91. The predicted octanol–water partition coefficient (Wildman–Crippen LogP) is 1.15. The van der Waals surface area contributed by atoms with Gasteiger partial charge in [-0.15, -0.1) is 0 Å². The fraction of sp³-hybridized carbons (Fsp3) is 0.571. The largest absolute Gasteiger partial charge is 0.508 e. The maximum Gasteiger partial charge on any atom is 0.329 e. The first-order valence-corrected chi connectivity index (χ1v) is 23.8. The summed E-state index contributed by atoms with van der Waals surface area (Å²) in [6, 6.07) is 0.767. The summed E-state index contributed by atoms with van der Waals surface area (Å²) in [5.74, 6) is -10.3. The number of unbranched alkanes of at least 4 members (excludes halogenated alkanes) is 2. The third kappa shape index (κ3) is 15.1. The summed E-state index contributed by atoms with van der Waals surface area (Å²) in [5, 5.41) is 54.0. The van der Waals surface area contributed by atoms with Crippen molar-refractivity contribution in [3.8, 4) is 11.5 Å². The fourth-order valence-electron chi connectivity index (χ4n) is 8.36. The van der Waals surface area contributed by atoms with Crippen LogP contribution in [-0.2, 0) is 60.7 Å². The average Bonchev–Trinajstić information content (AvgIpc) is 3.30. The van der Waals surface area contributed by atoms with Crippen LogP contribution in [0.3, 0.4) is 0 Å². The molecule has 1 unspecified atom stereocenters. The number of amides is 7. The number of phenols is 2. The fourth-order valence-corrected chi connectivity index (χ4v) is 8.36. The zero-order valence-corrected chi connectivity index (χ0v) is 40.8. The molecular formula is C49H69N7O14. The second kappa shape index (κ2) is 25.7. The van der Waals surface area contributed by atoms with Crippen LogP contribution < -0.4 is 26.6 Å². The molecule has 2 bridgehead atoms. The number of fused-ring (bicyclic) bond motifs is 2. The number of phenolic OH excluding ortho intramolecular Hbond substituents is 2. The number of esters is 1. The Labute approximate surface area is 407 Å². The zero-order valence-electron chi connectivity index (χ0n) is 40.8. The van der Waals surface area contributed by atoms with Gasteiger partial charge in [-0.1, -0.05) is 78.1 Å². The van der Waals surface area contributed by atoms with Gasteiger partial charge >= 0.3 is 11.9 Å². The number of aliphatic hydroxyl groups is 1. The number of rotatable bonds is 16. The van der Waals surface area contributed by atoms with E-state index >= 15 is 0 Å². The number of carboxylic acids is 1. The molecule has 2 aliphatic rings. The Morgan fingerprint density at radius 3 is 1.96 bits per heavy atom. The predicted molar refractivity (Wildman–Crippen MR) is 252 cm³/mol. The van der Waals surface area contributed by atoms with Crippen LogP contribution in [0.15, 0.2) is 48.5 Å². The molecule has 21 heteroatoms. The van der Waals surface area contributed by atoms with Gasteiger partial charge in [-0.3, -0.25) is 38.4 Å². The van der Waals surface area contributed by atoms with Crippen LogP contribution in [0.1, 0.15) is 104 Å². The number of aliphatic hydroxyl groups excluding tert-OH is 1. The molecule has 2 aliphatic heterocycles. The number of hydrogen-bond acceptors (Lipinski definition) is 13.